The maximum absolute atomic E-state index is 11.9. The van der Waals surface area contributed by atoms with Gasteiger partial charge in [-0.3, -0.25) is 5.41 Å². The first kappa shape index (κ1) is 12.0. The molecule has 2 aliphatic rings. The third-order valence-corrected chi connectivity index (χ3v) is 5.39. The van der Waals surface area contributed by atoms with Gasteiger partial charge in [0, 0.05) is 4.91 Å². The van der Waals surface area contributed by atoms with Gasteiger partial charge in [-0.2, -0.15) is 0 Å². The van der Waals surface area contributed by atoms with E-state index < -0.39 is 21.5 Å². The molecule has 0 saturated heterocycles. The molecular formula is C11H13NO4S. The molecular weight excluding hydrogens is 242 g/mol. The van der Waals surface area contributed by atoms with Crippen LogP contribution in [0.15, 0.2) is 22.6 Å². The molecule has 0 bridgehead atoms. The molecule has 1 fully saturated rings. The van der Waals surface area contributed by atoms with Crippen molar-refractivity contribution in [3.05, 3.63) is 22.6 Å². The van der Waals surface area contributed by atoms with Gasteiger partial charge in [0.2, 0.25) is 0 Å². The van der Waals surface area contributed by atoms with Crippen LogP contribution in [0.4, 0.5) is 0 Å². The van der Waals surface area contributed by atoms with Gasteiger partial charge in [-0.05, 0) is 37.3 Å². The number of carbonyl (C=O) groups is 1. The molecule has 5 nitrogen and oxygen atoms in total. The minimum absolute atomic E-state index is 0.234. The Morgan fingerprint density at radius 1 is 1.29 bits per heavy atom. The highest BCUT2D eigenvalue weighted by molar-refractivity contribution is 7.96. The van der Waals surface area contributed by atoms with E-state index in [1.807, 2.05) is 0 Å². The van der Waals surface area contributed by atoms with Gasteiger partial charge in [-0.15, -0.1) is 0 Å². The summed E-state index contributed by atoms with van der Waals surface area (Å²) in [5, 5.41) is 15.7. The van der Waals surface area contributed by atoms with Crippen molar-refractivity contribution in [2.45, 2.75) is 30.9 Å². The van der Waals surface area contributed by atoms with Gasteiger partial charge in [-0.1, -0.05) is 6.08 Å². The van der Waals surface area contributed by atoms with Crippen LogP contribution in [0.5, 0.6) is 0 Å². The van der Waals surface area contributed by atoms with Crippen LogP contribution in [0.1, 0.15) is 25.7 Å². The second-order valence-corrected chi connectivity index (χ2v) is 6.53. The Balaban J connectivity index is 2.21. The highest BCUT2D eigenvalue weighted by Gasteiger charge is 2.38. The summed E-state index contributed by atoms with van der Waals surface area (Å²) in [5.41, 5.74) is -0.0728. The Labute approximate surface area is 99.3 Å². The van der Waals surface area contributed by atoms with Gasteiger partial charge in [0.05, 0.1) is 5.25 Å². The molecule has 0 unspecified atom stereocenters. The van der Waals surface area contributed by atoms with E-state index >= 15 is 0 Å². The summed E-state index contributed by atoms with van der Waals surface area (Å²) < 4.78 is 23.8. The zero-order valence-electron chi connectivity index (χ0n) is 9.14. The van der Waals surface area contributed by atoms with Crippen LogP contribution in [0.3, 0.4) is 0 Å². The summed E-state index contributed by atoms with van der Waals surface area (Å²) in [6, 6.07) is 0. The van der Waals surface area contributed by atoms with Crippen molar-refractivity contribution in [3.8, 4) is 0 Å². The van der Waals surface area contributed by atoms with Gasteiger partial charge in [0.15, 0.2) is 9.84 Å². The van der Waals surface area contributed by atoms with E-state index in [9.17, 15) is 13.2 Å². The van der Waals surface area contributed by atoms with Crippen LogP contribution in [0, 0.1) is 5.41 Å². The molecule has 0 aromatic heterocycles. The molecule has 0 amide bonds. The molecule has 0 aromatic rings. The average molecular weight is 255 g/mol. The first-order valence-electron chi connectivity index (χ1n) is 5.39. The van der Waals surface area contributed by atoms with Crippen molar-refractivity contribution < 1.29 is 18.3 Å². The van der Waals surface area contributed by atoms with E-state index in [4.69, 9.17) is 10.5 Å². The van der Waals surface area contributed by atoms with Crippen LogP contribution >= 0.6 is 0 Å². The summed E-state index contributed by atoms with van der Waals surface area (Å²) in [5.74, 6) is -1.28. The SMILES string of the molecule is N=C(C(=O)O)C1=CC=C(S(=O)(=O)C2CC2)CC1. The molecule has 17 heavy (non-hydrogen) atoms. The summed E-state index contributed by atoms with van der Waals surface area (Å²) in [6.45, 7) is 0. The second kappa shape index (κ2) is 4.10. The van der Waals surface area contributed by atoms with E-state index in [1.165, 1.54) is 12.2 Å². The smallest absolute Gasteiger partial charge is 0.354 e. The van der Waals surface area contributed by atoms with E-state index in [-0.39, 0.29) is 5.25 Å². The Morgan fingerprint density at radius 3 is 2.35 bits per heavy atom. The Hall–Kier alpha value is -1.43. The first-order chi connectivity index (χ1) is 7.93. The molecule has 0 heterocycles. The molecule has 0 aromatic carbocycles. The van der Waals surface area contributed by atoms with Crippen LogP contribution < -0.4 is 0 Å². The molecule has 92 valence electrons. The molecule has 0 radical (unpaired) electrons. The molecule has 0 atom stereocenters. The van der Waals surface area contributed by atoms with E-state index in [0.29, 0.717) is 23.3 Å². The topological polar surface area (TPSA) is 95.3 Å². The third-order valence-electron chi connectivity index (χ3n) is 2.97. The normalized spacial score (nSPS) is 20.5. The predicted molar refractivity (Wildman–Crippen MR) is 62.7 cm³/mol. The number of nitrogens with one attached hydrogen (secondary N) is 1. The highest BCUT2D eigenvalue weighted by Crippen LogP contribution is 2.36. The van der Waals surface area contributed by atoms with Crippen LogP contribution in [0.25, 0.3) is 0 Å². The third kappa shape index (κ3) is 2.31. The van der Waals surface area contributed by atoms with Crippen LogP contribution in [-0.4, -0.2) is 30.5 Å². The van der Waals surface area contributed by atoms with Gasteiger partial charge in [0.25, 0.3) is 0 Å². The number of allylic oxidation sites excluding steroid dienone is 3. The number of carboxylic acid groups (broad SMARTS) is 1. The lowest BCUT2D eigenvalue weighted by Gasteiger charge is -2.13. The highest BCUT2D eigenvalue weighted by atomic mass is 32.2. The Bertz CT molecular complexity index is 538. The van der Waals surface area contributed by atoms with Crippen molar-refractivity contribution in [1.29, 1.82) is 5.41 Å². The van der Waals surface area contributed by atoms with Crippen molar-refractivity contribution >= 4 is 21.5 Å². The van der Waals surface area contributed by atoms with Gasteiger partial charge in [-0.25, -0.2) is 13.2 Å². The minimum Gasteiger partial charge on any atom is -0.477 e. The fourth-order valence-corrected chi connectivity index (χ4v) is 3.62. The molecule has 1 saturated carbocycles. The zero-order chi connectivity index (χ0) is 12.6. The largest absolute Gasteiger partial charge is 0.477 e. The van der Waals surface area contributed by atoms with E-state index in [2.05, 4.69) is 0 Å². The second-order valence-electron chi connectivity index (χ2n) is 4.25. The van der Waals surface area contributed by atoms with Gasteiger partial charge < -0.3 is 5.11 Å². The van der Waals surface area contributed by atoms with E-state index in [0.717, 1.165) is 12.8 Å². The number of sulfone groups is 1. The monoisotopic (exact) mass is 255 g/mol. The van der Waals surface area contributed by atoms with Gasteiger partial charge in [0.1, 0.15) is 5.71 Å². The Kier molecular flexibility index (Phi) is 2.91. The lowest BCUT2D eigenvalue weighted by molar-refractivity contribution is -0.129. The fourth-order valence-electron chi connectivity index (χ4n) is 1.79. The van der Waals surface area contributed by atoms with E-state index in [1.54, 1.807) is 0 Å². The maximum atomic E-state index is 11.9. The summed E-state index contributed by atoms with van der Waals surface area (Å²) >= 11 is 0. The molecule has 0 aliphatic heterocycles. The summed E-state index contributed by atoms with van der Waals surface area (Å²) in [4.78, 5) is 11.0. The lowest BCUT2D eigenvalue weighted by atomic mass is 10.0. The Morgan fingerprint density at radius 2 is 1.94 bits per heavy atom. The first-order valence-corrected chi connectivity index (χ1v) is 6.93. The predicted octanol–water partition coefficient (Wildman–Crippen LogP) is 1.27. The number of rotatable bonds is 4. The summed E-state index contributed by atoms with van der Waals surface area (Å²) in [6.07, 6.45) is 4.95. The zero-order valence-corrected chi connectivity index (χ0v) is 9.96. The average Bonchev–Trinajstić information content (AvgIpc) is 3.12. The lowest BCUT2D eigenvalue weighted by Crippen LogP contribution is -2.18. The van der Waals surface area contributed by atoms with Crippen LogP contribution in [0.2, 0.25) is 0 Å². The number of hydrogen-bond donors (Lipinski definition) is 2. The molecule has 0 spiro atoms. The number of aliphatic carboxylic acids is 1. The number of carboxylic acids is 1. The summed E-state index contributed by atoms with van der Waals surface area (Å²) in [7, 11) is -3.16. The molecule has 2 aliphatic carbocycles. The quantitative estimate of drug-likeness (QED) is 0.739. The molecule has 6 heteroatoms. The fraction of sp³-hybridized carbons (Fsp3) is 0.455. The van der Waals surface area contributed by atoms with Crippen molar-refractivity contribution in [1.82, 2.24) is 0 Å². The van der Waals surface area contributed by atoms with Crippen LogP contribution in [-0.2, 0) is 14.6 Å². The van der Waals surface area contributed by atoms with Gasteiger partial charge >= 0.3 is 5.97 Å². The number of hydrogen-bond acceptors (Lipinski definition) is 4. The van der Waals surface area contributed by atoms with Crippen molar-refractivity contribution in [2.24, 2.45) is 0 Å². The standard InChI is InChI=1S/C11H13NO4S/c12-10(11(13)14)7-1-3-8(4-2-7)17(15,16)9-5-6-9/h1,3,9,12H,2,4-6H2,(H,13,14). The molecule has 2 N–H and O–H groups in total. The molecule has 2 rings (SSSR count). The van der Waals surface area contributed by atoms with Crippen molar-refractivity contribution in [2.75, 3.05) is 0 Å². The van der Waals surface area contributed by atoms with Crippen molar-refractivity contribution in [3.63, 3.8) is 0 Å². The minimum atomic E-state index is -3.16. The maximum Gasteiger partial charge on any atom is 0.354 e.